The second-order valence-corrected chi connectivity index (χ2v) is 3.32. The van der Waals surface area contributed by atoms with Crippen molar-refractivity contribution in [3.63, 3.8) is 0 Å². The van der Waals surface area contributed by atoms with E-state index in [1.165, 1.54) is 0 Å². The van der Waals surface area contributed by atoms with Crippen LogP contribution in [0.2, 0.25) is 0 Å². The van der Waals surface area contributed by atoms with Gasteiger partial charge in [0, 0.05) is 0 Å². The third kappa shape index (κ3) is 1.73. The molecule has 0 radical (unpaired) electrons. The number of aliphatic hydroxyl groups excluding tert-OH is 4. The minimum absolute atomic E-state index is 0.397. The van der Waals surface area contributed by atoms with Gasteiger partial charge in [0.1, 0.15) is 18.3 Å². The molecule has 0 aliphatic carbocycles. The Morgan fingerprint density at radius 1 is 1.08 bits per heavy atom. The molecule has 0 aromatic heterocycles. The maximum atomic E-state index is 9.21. The van der Waals surface area contributed by atoms with E-state index in [9.17, 15) is 10.2 Å². The monoisotopic (exact) mass is 197 g/mol. The zero-order chi connectivity index (χ0) is 9.30. The van der Waals surface area contributed by atoms with E-state index in [0.717, 1.165) is 0 Å². The van der Waals surface area contributed by atoms with Gasteiger partial charge in [-0.15, -0.1) is 0 Å². The first-order valence-electron chi connectivity index (χ1n) is 3.59. The van der Waals surface area contributed by atoms with Gasteiger partial charge in [0.2, 0.25) is 5.44 Å². The lowest BCUT2D eigenvalue weighted by molar-refractivity contribution is -0.205. The van der Waals surface area contributed by atoms with Gasteiger partial charge in [-0.3, -0.25) is 0 Å². The van der Waals surface area contributed by atoms with E-state index in [0.29, 0.717) is 0 Å². The molecule has 0 aromatic carbocycles. The zero-order valence-corrected chi connectivity index (χ0v) is 7.29. The zero-order valence-electron chi connectivity index (χ0n) is 6.29. The SMILES string of the molecule is OC[C@H]1O[C@@H]([SH2+])[C@H](O)[C@@H](O)[C@@H]1O. The van der Waals surface area contributed by atoms with Crippen LogP contribution in [-0.2, 0) is 17.4 Å². The average Bonchev–Trinajstić information content (AvgIpc) is 2.08. The fraction of sp³-hybridized carbons (Fsp3) is 1.00. The predicted octanol–water partition coefficient (Wildman–Crippen LogP) is -3.20. The molecule has 12 heavy (non-hydrogen) atoms. The van der Waals surface area contributed by atoms with Crippen LogP contribution < -0.4 is 0 Å². The molecule has 5 nitrogen and oxygen atoms in total. The summed E-state index contributed by atoms with van der Waals surface area (Å²) in [6, 6.07) is 0. The van der Waals surface area contributed by atoms with Gasteiger partial charge in [0.25, 0.3) is 0 Å². The second-order valence-electron chi connectivity index (χ2n) is 2.75. The van der Waals surface area contributed by atoms with Gasteiger partial charge in [-0.1, -0.05) is 0 Å². The Balaban J connectivity index is 2.63. The van der Waals surface area contributed by atoms with Gasteiger partial charge in [0.15, 0.2) is 6.10 Å². The highest BCUT2D eigenvalue weighted by atomic mass is 32.1. The van der Waals surface area contributed by atoms with Crippen LogP contribution in [0.15, 0.2) is 0 Å². The van der Waals surface area contributed by atoms with Crippen molar-refractivity contribution < 1.29 is 25.2 Å². The Hall–Kier alpha value is 0.150. The number of aliphatic hydroxyl groups is 4. The molecule has 0 unspecified atom stereocenters. The van der Waals surface area contributed by atoms with E-state index in [4.69, 9.17) is 14.9 Å². The van der Waals surface area contributed by atoms with E-state index in [1.54, 1.807) is 0 Å². The summed E-state index contributed by atoms with van der Waals surface area (Å²) in [4.78, 5) is 0. The van der Waals surface area contributed by atoms with Crippen LogP contribution in [0.4, 0.5) is 0 Å². The fourth-order valence-electron chi connectivity index (χ4n) is 1.10. The first-order valence-corrected chi connectivity index (χ1v) is 4.17. The van der Waals surface area contributed by atoms with Crippen LogP contribution in [-0.4, -0.2) is 56.9 Å². The first kappa shape index (κ1) is 10.2. The van der Waals surface area contributed by atoms with Gasteiger partial charge in [-0.05, 0) is 12.6 Å². The Kier molecular flexibility index (Phi) is 3.33. The molecule has 1 rings (SSSR count). The molecule has 72 valence electrons. The lowest BCUT2D eigenvalue weighted by atomic mass is 10.0. The average molecular weight is 197 g/mol. The minimum atomic E-state index is -1.29. The van der Waals surface area contributed by atoms with Crippen LogP contribution in [0.5, 0.6) is 0 Å². The highest BCUT2D eigenvalue weighted by Gasteiger charge is 2.44. The second kappa shape index (κ2) is 3.91. The third-order valence-electron chi connectivity index (χ3n) is 1.89. The van der Waals surface area contributed by atoms with Crippen LogP contribution in [0.1, 0.15) is 0 Å². The van der Waals surface area contributed by atoms with Gasteiger partial charge in [-0.25, -0.2) is 0 Å². The van der Waals surface area contributed by atoms with E-state index >= 15 is 0 Å². The van der Waals surface area contributed by atoms with Crippen molar-refractivity contribution in [2.75, 3.05) is 6.61 Å². The molecule has 0 spiro atoms. The van der Waals surface area contributed by atoms with Crippen molar-refractivity contribution in [1.82, 2.24) is 0 Å². The molecular formula is C6H13O5S+. The number of rotatable bonds is 1. The molecular weight excluding hydrogens is 184 g/mol. The van der Waals surface area contributed by atoms with Crippen LogP contribution >= 0.6 is 0 Å². The highest BCUT2D eigenvalue weighted by Crippen LogP contribution is 2.19. The maximum absolute atomic E-state index is 9.21. The Morgan fingerprint density at radius 3 is 2.17 bits per heavy atom. The topological polar surface area (TPSA) is 90.2 Å². The molecule has 5 atom stereocenters. The van der Waals surface area contributed by atoms with Gasteiger partial charge in [-0.2, -0.15) is 0 Å². The summed E-state index contributed by atoms with van der Waals surface area (Å²) in [5.74, 6) is 0. The highest BCUT2D eigenvalue weighted by molar-refractivity contribution is 7.59. The molecule has 1 saturated heterocycles. The summed E-state index contributed by atoms with van der Waals surface area (Å²) in [7, 11) is 0. The van der Waals surface area contributed by atoms with Crippen molar-refractivity contribution in [3.05, 3.63) is 0 Å². The smallest absolute Gasteiger partial charge is 0.243 e. The third-order valence-corrected chi connectivity index (χ3v) is 2.37. The van der Waals surface area contributed by atoms with Crippen molar-refractivity contribution in [2.45, 2.75) is 29.9 Å². The lowest BCUT2D eigenvalue weighted by Gasteiger charge is -2.35. The summed E-state index contributed by atoms with van der Waals surface area (Å²) in [6.45, 7) is -0.397. The summed E-state index contributed by atoms with van der Waals surface area (Å²) < 4.78 is 4.93. The maximum Gasteiger partial charge on any atom is 0.243 e. The van der Waals surface area contributed by atoms with Crippen molar-refractivity contribution in [3.8, 4) is 0 Å². The van der Waals surface area contributed by atoms with Gasteiger partial charge < -0.3 is 25.2 Å². The van der Waals surface area contributed by atoms with Gasteiger partial charge in [0.05, 0.1) is 6.61 Å². The fourth-order valence-corrected chi connectivity index (χ4v) is 1.47. The number of ether oxygens (including phenoxy) is 1. The number of hydrogen-bond acceptors (Lipinski definition) is 5. The number of hydrogen-bond donors (Lipinski definition) is 4. The molecule has 0 aromatic rings. The quantitative estimate of drug-likeness (QED) is 0.332. The minimum Gasteiger partial charge on any atom is -0.394 e. The molecule has 1 aliphatic heterocycles. The Bertz CT molecular complexity index is 150. The van der Waals surface area contributed by atoms with E-state index in [1.807, 2.05) is 0 Å². The summed E-state index contributed by atoms with van der Waals surface area (Å²) in [5, 5.41) is 36.3. The molecule has 0 saturated carbocycles. The standard InChI is InChI=1S/C6H12O5S/c7-1-2-3(8)4(9)5(10)6(12)11-2/h2-10,12H,1H2/p+1/t2-,3-,4+,5-,6+/m1/s1. The summed E-state index contributed by atoms with van der Waals surface area (Å²) in [5.41, 5.74) is -0.763. The normalized spacial score (nSPS) is 49.2. The molecule has 4 N–H and O–H groups in total. The van der Waals surface area contributed by atoms with Crippen LogP contribution in [0.25, 0.3) is 0 Å². The molecule has 1 aliphatic rings. The Morgan fingerprint density at radius 2 is 1.67 bits per heavy atom. The molecule has 6 heteroatoms. The Labute approximate surface area is 75.0 Å². The van der Waals surface area contributed by atoms with Crippen LogP contribution in [0, 0.1) is 0 Å². The van der Waals surface area contributed by atoms with E-state index in [-0.39, 0.29) is 0 Å². The molecule has 0 bridgehead atoms. The first-order chi connectivity index (χ1) is 5.57. The van der Waals surface area contributed by atoms with Crippen molar-refractivity contribution in [1.29, 1.82) is 0 Å². The van der Waals surface area contributed by atoms with Crippen molar-refractivity contribution >= 4 is 12.6 Å². The van der Waals surface area contributed by atoms with Crippen LogP contribution in [0.3, 0.4) is 0 Å². The predicted molar refractivity (Wildman–Crippen MR) is 43.9 cm³/mol. The largest absolute Gasteiger partial charge is 0.394 e. The van der Waals surface area contributed by atoms with E-state index < -0.39 is 36.5 Å². The summed E-state index contributed by atoms with van der Waals surface area (Å²) >= 11 is 3.00. The molecule has 0 amide bonds. The summed E-state index contributed by atoms with van der Waals surface area (Å²) in [6.07, 6.45) is -4.58. The van der Waals surface area contributed by atoms with E-state index in [2.05, 4.69) is 12.6 Å². The van der Waals surface area contributed by atoms with Gasteiger partial charge >= 0.3 is 0 Å². The van der Waals surface area contributed by atoms with Crippen molar-refractivity contribution in [2.24, 2.45) is 0 Å². The molecule has 1 fully saturated rings. The lowest BCUT2D eigenvalue weighted by Crippen LogP contribution is -2.57. The molecule has 1 heterocycles.